The van der Waals surface area contributed by atoms with Crippen molar-refractivity contribution >= 4 is 11.7 Å². The van der Waals surface area contributed by atoms with E-state index in [1.165, 1.54) is 5.56 Å². The van der Waals surface area contributed by atoms with Crippen molar-refractivity contribution in [3.63, 3.8) is 0 Å². The molecule has 3 rings (SSSR count). The van der Waals surface area contributed by atoms with Gasteiger partial charge in [0.15, 0.2) is 0 Å². The van der Waals surface area contributed by atoms with Crippen molar-refractivity contribution < 1.29 is 4.79 Å². The Kier molecular flexibility index (Phi) is 6.37. The minimum absolute atomic E-state index is 0.221. The molecule has 0 aliphatic carbocycles. The van der Waals surface area contributed by atoms with Crippen LogP contribution in [0.15, 0.2) is 67.0 Å². The van der Waals surface area contributed by atoms with Crippen molar-refractivity contribution in [1.29, 1.82) is 0 Å². The molecule has 1 aromatic heterocycles. The first kappa shape index (κ1) is 19.5. The summed E-state index contributed by atoms with van der Waals surface area (Å²) in [5.41, 5.74) is 3.77. The third-order valence-corrected chi connectivity index (χ3v) is 4.68. The van der Waals surface area contributed by atoms with Gasteiger partial charge < -0.3 is 10.2 Å². The molecule has 1 amide bonds. The normalized spacial score (nSPS) is 10.7. The van der Waals surface area contributed by atoms with E-state index in [2.05, 4.69) is 46.2 Å². The molecule has 0 fully saturated rings. The van der Waals surface area contributed by atoms with Gasteiger partial charge >= 0.3 is 0 Å². The van der Waals surface area contributed by atoms with Crippen LogP contribution in [0.25, 0.3) is 0 Å². The SMILES string of the molecule is Cc1ccccc1CNC(=O)c1cnc(N(Cc2ccccc2)C(C)C)cn1. The summed E-state index contributed by atoms with van der Waals surface area (Å²) in [7, 11) is 0. The first-order valence-electron chi connectivity index (χ1n) is 9.50. The minimum atomic E-state index is -0.221. The Labute approximate surface area is 166 Å². The molecular formula is C23H26N4O. The fraction of sp³-hybridized carbons (Fsp3) is 0.261. The van der Waals surface area contributed by atoms with E-state index < -0.39 is 0 Å². The fourth-order valence-electron chi connectivity index (χ4n) is 2.97. The van der Waals surface area contributed by atoms with E-state index in [0.717, 1.165) is 23.5 Å². The molecule has 0 aliphatic rings. The molecule has 1 N–H and O–H groups in total. The van der Waals surface area contributed by atoms with Crippen LogP contribution in [0.2, 0.25) is 0 Å². The second-order valence-corrected chi connectivity index (χ2v) is 7.08. The maximum atomic E-state index is 12.4. The van der Waals surface area contributed by atoms with Crippen molar-refractivity contribution in [2.45, 2.75) is 39.9 Å². The molecular weight excluding hydrogens is 348 g/mol. The third kappa shape index (κ3) is 4.94. The quantitative estimate of drug-likeness (QED) is 0.676. The molecule has 144 valence electrons. The van der Waals surface area contributed by atoms with Gasteiger partial charge in [0.05, 0.1) is 12.4 Å². The minimum Gasteiger partial charge on any atom is -0.349 e. The molecule has 5 heteroatoms. The lowest BCUT2D eigenvalue weighted by atomic mass is 10.1. The average Bonchev–Trinajstić information content (AvgIpc) is 2.72. The van der Waals surface area contributed by atoms with Gasteiger partial charge in [0.2, 0.25) is 0 Å². The van der Waals surface area contributed by atoms with Crippen LogP contribution >= 0.6 is 0 Å². The number of rotatable bonds is 7. The van der Waals surface area contributed by atoms with Gasteiger partial charge in [-0.3, -0.25) is 4.79 Å². The van der Waals surface area contributed by atoms with E-state index in [0.29, 0.717) is 12.2 Å². The summed E-state index contributed by atoms with van der Waals surface area (Å²) in [4.78, 5) is 23.4. The topological polar surface area (TPSA) is 58.1 Å². The van der Waals surface area contributed by atoms with Crippen LogP contribution in [0.4, 0.5) is 5.82 Å². The summed E-state index contributed by atoms with van der Waals surface area (Å²) in [6.45, 7) is 7.48. The lowest BCUT2D eigenvalue weighted by molar-refractivity contribution is 0.0945. The van der Waals surface area contributed by atoms with Crippen LogP contribution < -0.4 is 10.2 Å². The summed E-state index contributed by atoms with van der Waals surface area (Å²) in [5.74, 6) is 0.538. The Bertz CT molecular complexity index is 907. The smallest absolute Gasteiger partial charge is 0.271 e. The Balaban J connectivity index is 1.67. The summed E-state index contributed by atoms with van der Waals surface area (Å²) in [6.07, 6.45) is 3.22. The van der Waals surface area contributed by atoms with E-state index >= 15 is 0 Å². The van der Waals surface area contributed by atoms with Crippen molar-refractivity contribution in [2.75, 3.05) is 4.90 Å². The highest BCUT2D eigenvalue weighted by Crippen LogP contribution is 2.17. The van der Waals surface area contributed by atoms with Crippen LogP contribution in [0.5, 0.6) is 0 Å². The van der Waals surface area contributed by atoms with E-state index in [1.54, 1.807) is 12.4 Å². The molecule has 3 aromatic rings. The molecule has 0 bridgehead atoms. The summed E-state index contributed by atoms with van der Waals surface area (Å²) in [6, 6.07) is 18.5. The molecule has 5 nitrogen and oxygen atoms in total. The highest BCUT2D eigenvalue weighted by atomic mass is 16.1. The van der Waals surface area contributed by atoms with Crippen molar-refractivity contribution in [1.82, 2.24) is 15.3 Å². The second kappa shape index (κ2) is 9.13. The number of nitrogens with one attached hydrogen (secondary N) is 1. The zero-order chi connectivity index (χ0) is 19.9. The highest BCUT2D eigenvalue weighted by molar-refractivity contribution is 5.92. The van der Waals surface area contributed by atoms with E-state index in [9.17, 15) is 4.79 Å². The Morgan fingerprint density at radius 2 is 1.71 bits per heavy atom. The number of anilines is 1. The number of benzene rings is 2. The van der Waals surface area contributed by atoms with E-state index in [1.807, 2.05) is 49.4 Å². The predicted octanol–water partition coefficient (Wildman–Crippen LogP) is 4.13. The van der Waals surface area contributed by atoms with Crippen LogP contribution in [0, 0.1) is 6.92 Å². The monoisotopic (exact) mass is 374 g/mol. The van der Waals surface area contributed by atoms with Crippen LogP contribution in [0.1, 0.15) is 41.0 Å². The number of amides is 1. The van der Waals surface area contributed by atoms with Gasteiger partial charge in [-0.05, 0) is 37.5 Å². The molecule has 0 unspecified atom stereocenters. The van der Waals surface area contributed by atoms with Crippen molar-refractivity contribution in [2.24, 2.45) is 0 Å². The summed E-state index contributed by atoms with van der Waals surface area (Å²) < 4.78 is 0. The maximum Gasteiger partial charge on any atom is 0.271 e. The first-order valence-corrected chi connectivity index (χ1v) is 9.50. The molecule has 0 spiro atoms. The van der Waals surface area contributed by atoms with Crippen LogP contribution in [-0.4, -0.2) is 21.9 Å². The van der Waals surface area contributed by atoms with Gasteiger partial charge in [0.1, 0.15) is 11.5 Å². The van der Waals surface area contributed by atoms with Gasteiger partial charge in [0.25, 0.3) is 5.91 Å². The lowest BCUT2D eigenvalue weighted by Crippen LogP contribution is -2.31. The van der Waals surface area contributed by atoms with Gasteiger partial charge in [0, 0.05) is 19.1 Å². The lowest BCUT2D eigenvalue weighted by Gasteiger charge is -2.27. The van der Waals surface area contributed by atoms with E-state index in [-0.39, 0.29) is 11.9 Å². The predicted molar refractivity (Wildman–Crippen MR) is 112 cm³/mol. The van der Waals surface area contributed by atoms with Gasteiger partial charge in [-0.25, -0.2) is 9.97 Å². The van der Waals surface area contributed by atoms with Crippen LogP contribution in [0.3, 0.4) is 0 Å². The first-order chi connectivity index (χ1) is 13.5. The van der Waals surface area contributed by atoms with Gasteiger partial charge in [-0.15, -0.1) is 0 Å². The number of hydrogen-bond donors (Lipinski definition) is 1. The molecule has 0 saturated carbocycles. The summed E-state index contributed by atoms with van der Waals surface area (Å²) in [5, 5.41) is 2.91. The number of nitrogens with zero attached hydrogens (tertiary/aromatic N) is 3. The molecule has 0 atom stereocenters. The largest absolute Gasteiger partial charge is 0.349 e. The average molecular weight is 374 g/mol. The maximum absolute atomic E-state index is 12.4. The Morgan fingerprint density at radius 3 is 2.36 bits per heavy atom. The Hall–Kier alpha value is -3.21. The fourth-order valence-corrected chi connectivity index (χ4v) is 2.97. The number of carbonyl (C=O) groups excluding carboxylic acids is 1. The second-order valence-electron chi connectivity index (χ2n) is 7.08. The molecule has 1 heterocycles. The Morgan fingerprint density at radius 1 is 1.00 bits per heavy atom. The number of aromatic nitrogens is 2. The molecule has 0 radical (unpaired) electrons. The third-order valence-electron chi connectivity index (χ3n) is 4.68. The molecule has 2 aromatic carbocycles. The summed E-state index contributed by atoms with van der Waals surface area (Å²) >= 11 is 0. The van der Waals surface area contributed by atoms with Gasteiger partial charge in [-0.2, -0.15) is 0 Å². The van der Waals surface area contributed by atoms with Crippen molar-refractivity contribution in [3.8, 4) is 0 Å². The molecule has 0 aliphatic heterocycles. The van der Waals surface area contributed by atoms with Crippen molar-refractivity contribution in [3.05, 3.63) is 89.4 Å². The number of aryl methyl sites for hydroxylation is 1. The zero-order valence-electron chi connectivity index (χ0n) is 16.6. The van der Waals surface area contributed by atoms with Gasteiger partial charge in [-0.1, -0.05) is 54.6 Å². The van der Waals surface area contributed by atoms with Crippen LogP contribution in [-0.2, 0) is 13.1 Å². The number of carbonyl (C=O) groups is 1. The van der Waals surface area contributed by atoms with E-state index in [4.69, 9.17) is 0 Å². The molecule has 28 heavy (non-hydrogen) atoms. The molecule has 0 saturated heterocycles. The highest BCUT2D eigenvalue weighted by Gasteiger charge is 2.15. The standard InChI is InChI=1S/C23H26N4O/c1-17(2)27(16-19-10-5-4-6-11-19)22-15-24-21(14-25-22)23(28)26-13-20-12-8-7-9-18(20)3/h4-12,14-15,17H,13,16H2,1-3H3,(H,26,28). The zero-order valence-corrected chi connectivity index (χ0v) is 16.6. The number of hydrogen-bond acceptors (Lipinski definition) is 4.